The molecule has 0 radical (unpaired) electrons. The highest BCUT2D eigenvalue weighted by molar-refractivity contribution is 7.80. The molecule has 0 heterocycles. The number of amides is 2. The Morgan fingerprint density at radius 2 is 2.00 bits per heavy atom. The third-order valence-corrected chi connectivity index (χ3v) is 2.02. The number of carbonyl (C=O) groups excluding carboxylic acids is 2. The molecule has 2 atom stereocenters. The smallest absolute Gasteiger partial charge is 0.327 e. The normalized spacial score (nSPS) is 13.7. The van der Waals surface area contributed by atoms with Crippen molar-refractivity contribution in [2.45, 2.75) is 19.0 Å². The zero-order valence-electron chi connectivity index (χ0n) is 8.77. The van der Waals surface area contributed by atoms with Gasteiger partial charge < -0.3 is 21.5 Å². The van der Waals surface area contributed by atoms with Gasteiger partial charge in [0, 0.05) is 5.75 Å². The van der Waals surface area contributed by atoms with Gasteiger partial charge in [-0.1, -0.05) is 0 Å². The summed E-state index contributed by atoms with van der Waals surface area (Å²) in [5.41, 5.74) is 5.25. The first-order chi connectivity index (χ1) is 7.38. The Hall–Kier alpha value is -1.28. The lowest BCUT2D eigenvalue weighted by Gasteiger charge is -2.12. The fraction of sp³-hybridized carbons (Fsp3) is 0.625. The van der Waals surface area contributed by atoms with Gasteiger partial charge in [0.05, 0.1) is 12.6 Å². The van der Waals surface area contributed by atoms with Crippen LogP contribution in [0.1, 0.15) is 6.92 Å². The predicted molar refractivity (Wildman–Crippen MR) is 60.1 cm³/mol. The maximum atomic E-state index is 11.2. The summed E-state index contributed by atoms with van der Waals surface area (Å²) in [6, 6.07) is -1.78. The van der Waals surface area contributed by atoms with Crippen molar-refractivity contribution in [1.29, 1.82) is 0 Å². The lowest BCUT2D eigenvalue weighted by atomic mass is 10.3. The van der Waals surface area contributed by atoms with E-state index in [-0.39, 0.29) is 12.3 Å². The van der Waals surface area contributed by atoms with Crippen molar-refractivity contribution in [1.82, 2.24) is 10.6 Å². The lowest BCUT2D eigenvalue weighted by Crippen LogP contribution is -2.48. The second kappa shape index (κ2) is 7.07. The summed E-state index contributed by atoms with van der Waals surface area (Å²) >= 11 is 3.77. The molecule has 0 spiro atoms. The van der Waals surface area contributed by atoms with E-state index in [2.05, 4.69) is 23.3 Å². The molecule has 7 nitrogen and oxygen atoms in total. The minimum atomic E-state index is -1.18. The van der Waals surface area contributed by atoms with E-state index in [9.17, 15) is 14.4 Å². The van der Waals surface area contributed by atoms with E-state index >= 15 is 0 Å². The maximum Gasteiger partial charge on any atom is 0.327 e. The van der Waals surface area contributed by atoms with Crippen molar-refractivity contribution in [2.75, 3.05) is 12.3 Å². The number of rotatable bonds is 6. The fourth-order valence-electron chi connectivity index (χ4n) is 0.759. The molecule has 0 bridgehead atoms. The molecule has 92 valence electrons. The number of aliphatic carboxylic acids is 1. The molecule has 0 rings (SSSR count). The van der Waals surface area contributed by atoms with Crippen LogP contribution >= 0.6 is 12.6 Å². The van der Waals surface area contributed by atoms with E-state index in [1.807, 2.05) is 0 Å². The summed E-state index contributed by atoms with van der Waals surface area (Å²) in [6.45, 7) is 1.17. The van der Waals surface area contributed by atoms with Gasteiger partial charge in [-0.3, -0.25) is 9.59 Å². The number of thiol groups is 1. The van der Waals surface area contributed by atoms with Gasteiger partial charge in [0.15, 0.2) is 0 Å². The van der Waals surface area contributed by atoms with E-state index in [0.29, 0.717) is 0 Å². The Morgan fingerprint density at radius 3 is 2.38 bits per heavy atom. The van der Waals surface area contributed by atoms with Crippen LogP contribution in [0.3, 0.4) is 0 Å². The van der Waals surface area contributed by atoms with Gasteiger partial charge in [-0.05, 0) is 6.92 Å². The third-order valence-electron chi connectivity index (χ3n) is 1.65. The Morgan fingerprint density at radius 1 is 1.44 bits per heavy atom. The second-order valence-electron chi connectivity index (χ2n) is 3.15. The summed E-state index contributed by atoms with van der Waals surface area (Å²) in [4.78, 5) is 32.7. The van der Waals surface area contributed by atoms with Crippen LogP contribution < -0.4 is 16.4 Å². The number of nitrogens with one attached hydrogen (secondary N) is 2. The average Bonchev–Trinajstić information content (AvgIpc) is 2.21. The molecular formula is C8H15N3O4S. The first kappa shape index (κ1) is 14.7. The summed E-state index contributed by atoms with van der Waals surface area (Å²) in [5, 5.41) is 13.1. The zero-order valence-corrected chi connectivity index (χ0v) is 9.66. The number of hydrogen-bond acceptors (Lipinski definition) is 5. The average molecular weight is 249 g/mol. The van der Waals surface area contributed by atoms with Crippen LogP contribution in [0.25, 0.3) is 0 Å². The van der Waals surface area contributed by atoms with Gasteiger partial charge in [-0.15, -0.1) is 0 Å². The van der Waals surface area contributed by atoms with E-state index in [0.717, 1.165) is 0 Å². The van der Waals surface area contributed by atoms with Crippen LogP contribution in [-0.4, -0.2) is 47.3 Å². The highest BCUT2D eigenvalue weighted by Crippen LogP contribution is 1.87. The molecule has 0 aliphatic rings. The molecule has 2 amide bonds. The van der Waals surface area contributed by atoms with Crippen molar-refractivity contribution in [2.24, 2.45) is 5.73 Å². The standard InChI is InChI=1S/C8H15N3O4S/c1-4(9)7(13)10-2-6(12)11-5(3-16)8(14)15/h4-5,16H,2-3,9H2,1H3,(H,10,13)(H,11,12)(H,14,15)/t4-,5+/m0/s1. The Bertz CT molecular complexity index is 282. The zero-order chi connectivity index (χ0) is 12.7. The Labute approximate surface area is 98.2 Å². The van der Waals surface area contributed by atoms with Crippen molar-refractivity contribution >= 4 is 30.4 Å². The summed E-state index contributed by atoms with van der Waals surface area (Å²) < 4.78 is 0. The molecule has 0 aliphatic heterocycles. The molecule has 0 saturated heterocycles. The Kier molecular flexibility index (Phi) is 6.50. The fourth-order valence-corrected chi connectivity index (χ4v) is 1.01. The van der Waals surface area contributed by atoms with Crippen LogP contribution in [0.5, 0.6) is 0 Å². The first-order valence-electron chi connectivity index (χ1n) is 4.54. The Balaban J connectivity index is 3.99. The van der Waals surface area contributed by atoms with Crippen LogP contribution in [0.4, 0.5) is 0 Å². The number of carboxylic acid groups (broad SMARTS) is 1. The molecule has 8 heteroatoms. The summed E-state index contributed by atoms with van der Waals surface area (Å²) in [7, 11) is 0. The second-order valence-corrected chi connectivity index (χ2v) is 3.51. The molecular weight excluding hydrogens is 234 g/mol. The van der Waals surface area contributed by atoms with Gasteiger partial charge in [0.1, 0.15) is 6.04 Å². The molecule has 0 aromatic carbocycles. The SMILES string of the molecule is C[C@H](N)C(=O)NCC(=O)N[C@H](CS)C(=O)O. The molecule has 0 aromatic rings. The van der Waals surface area contributed by atoms with Crippen molar-refractivity contribution < 1.29 is 19.5 Å². The van der Waals surface area contributed by atoms with E-state index < -0.39 is 29.9 Å². The first-order valence-corrected chi connectivity index (χ1v) is 5.18. The molecule has 0 saturated carbocycles. The highest BCUT2D eigenvalue weighted by Gasteiger charge is 2.18. The molecule has 16 heavy (non-hydrogen) atoms. The monoisotopic (exact) mass is 249 g/mol. The van der Waals surface area contributed by atoms with Gasteiger partial charge in [-0.25, -0.2) is 4.79 Å². The number of hydrogen-bond donors (Lipinski definition) is 5. The minimum absolute atomic E-state index is 0.0255. The quantitative estimate of drug-likeness (QED) is 0.347. The summed E-state index contributed by atoms with van der Waals surface area (Å²) in [6.07, 6.45) is 0. The van der Waals surface area contributed by atoms with Gasteiger partial charge in [0.2, 0.25) is 11.8 Å². The van der Waals surface area contributed by atoms with Gasteiger partial charge >= 0.3 is 5.97 Å². The molecule has 0 aromatic heterocycles. The largest absolute Gasteiger partial charge is 0.480 e. The highest BCUT2D eigenvalue weighted by atomic mass is 32.1. The lowest BCUT2D eigenvalue weighted by molar-refractivity contribution is -0.141. The van der Waals surface area contributed by atoms with Crippen LogP contribution in [-0.2, 0) is 14.4 Å². The topological polar surface area (TPSA) is 122 Å². The van der Waals surface area contributed by atoms with Gasteiger partial charge in [-0.2, -0.15) is 12.6 Å². The van der Waals surface area contributed by atoms with Gasteiger partial charge in [0.25, 0.3) is 0 Å². The van der Waals surface area contributed by atoms with E-state index in [1.54, 1.807) is 0 Å². The van der Waals surface area contributed by atoms with E-state index in [1.165, 1.54) is 6.92 Å². The maximum absolute atomic E-state index is 11.2. The number of carboxylic acids is 1. The molecule has 0 unspecified atom stereocenters. The van der Waals surface area contributed by atoms with Crippen molar-refractivity contribution in [3.05, 3.63) is 0 Å². The minimum Gasteiger partial charge on any atom is -0.480 e. The number of nitrogens with two attached hydrogens (primary N) is 1. The summed E-state index contributed by atoms with van der Waals surface area (Å²) in [5.74, 6) is -2.28. The van der Waals surface area contributed by atoms with Crippen LogP contribution in [0.15, 0.2) is 0 Å². The van der Waals surface area contributed by atoms with Crippen molar-refractivity contribution in [3.8, 4) is 0 Å². The molecule has 0 aliphatic carbocycles. The molecule has 5 N–H and O–H groups in total. The number of carbonyl (C=O) groups is 3. The van der Waals surface area contributed by atoms with Crippen LogP contribution in [0, 0.1) is 0 Å². The molecule has 0 fully saturated rings. The van der Waals surface area contributed by atoms with Crippen molar-refractivity contribution in [3.63, 3.8) is 0 Å². The third kappa shape index (κ3) is 5.56. The van der Waals surface area contributed by atoms with Crippen LogP contribution in [0.2, 0.25) is 0 Å². The predicted octanol–water partition coefficient (Wildman–Crippen LogP) is -2.05. The van der Waals surface area contributed by atoms with E-state index in [4.69, 9.17) is 10.8 Å².